The summed E-state index contributed by atoms with van der Waals surface area (Å²) >= 11 is 0. The molecule has 0 saturated heterocycles. The minimum absolute atomic E-state index is 0.282. The van der Waals surface area contributed by atoms with Crippen molar-refractivity contribution >= 4 is 6.08 Å². The molecule has 0 unspecified atom stereocenters. The van der Waals surface area contributed by atoms with E-state index < -0.39 is 0 Å². The lowest BCUT2D eigenvalue weighted by Crippen LogP contribution is -1.96. The van der Waals surface area contributed by atoms with Crippen LogP contribution in [-0.2, 0) is 0 Å². The van der Waals surface area contributed by atoms with Crippen LogP contribution in [0.5, 0.6) is 11.9 Å². The van der Waals surface area contributed by atoms with Gasteiger partial charge in [0, 0.05) is 6.07 Å². The van der Waals surface area contributed by atoms with Crippen LogP contribution in [-0.4, -0.2) is 24.2 Å². The van der Waals surface area contributed by atoms with Gasteiger partial charge in [-0.05, 0) is 6.08 Å². The molecule has 64 valence electrons. The molecule has 0 aliphatic rings. The van der Waals surface area contributed by atoms with E-state index in [4.69, 9.17) is 9.47 Å². The number of methoxy groups -OCH3 is 2. The predicted molar refractivity (Wildman–Crippen MR) is 45.2 cm³/mol. The second-order valence-electron chi connectivity index (χ2n) is 2.03. The number of ether oxygens (including phenoxy) is 2. The smallest absolute Gasteiger partial charge is 0.319 e. The van der Waals surface area contributed by atoms with E-state index in [-0.39, 0.29) is 6.01 Å². The second-order valence-corrected chi connectivity index (χ2v) is 2.03. The summed E-state index contributed by atoms with van der Waals surface area (Å²) in [6.45, 7) is 3.58. The first-order valence-electron chi connectivity index (χ1n) is 3.39. The lowest BCUT2D eigenvalue weighted by Gasteiger charge is -2.02. The van der Waals surface area contributed by atoms with Crippen molar-refractivity contribution < 1.29 is 9.47 Å². The first kappa shape index (κ1) is 8.52. The highest BCUT2D eigenvalue weighted by atomic mass is 16.5. The minimum Gasteiger partial charge on any atom is -0.481 e. The van der Waals surface area contributed by atoms with Gasteiger partial charge in [0.15, 0.2) is 0 Å². The Balaban J connectivity index is 3.09. The highest BCUT2D eigenvalue weighted by Gasteiger charge is 2.01. The molecule has 12 heavy (non-hydrogen) atoms. The molecule has 0 bridgehead atoms. The Kier molecular flexibility index (Phi) is 2.63. The average molecular weight is 166 g/mol. The molecule has 0 aliphatic heterocycles. The van der Waals surface area contributed by atoms with Gasteiger partial charge in [0.25, 0.3) is 0 Å². The van der Waals surface area contributed by atoms with Crippen LogP contribution < -0.4 is 9.47 Å². The predicted octanol–water partition coefficient (Wildman–Crippen LogP) is 1.14. The quantitative estimate of drug-likeness (QED) is 0.675. The van der Waals surface area contributed by atoms with E-state index in [0.29, 0.717) is 11.6 Å². The Morgan fingerprint density at radius 3 is 2.58 bits per heavy atom. The summed E-state index contributed by atoms with van der Waals surface area (Å²) in [5.74, 6) is 0.469. The van der Waals surface area contributed by atoms with E-state index in [9.17, 15) is 0 Å². The zero-order chi connectivity index (χ0) is 8.97. The molecule has 1 aromatic rings. The van der Waals surface area contributed by atoms with Crippen LogP contribution in [0.3, 0.4) is 0 Å². The molecule has 0 N–H and O–H groups in total. The van der Waals surface area contributed by atoms with E-state index >= 15 is 0 Å². The third kappa shape index (κ3) is 1.72. The van der Waals surface area contributed by atoms with Crippen LogP contribution in [0.15, 0.2) is 12.6 Å². The molecule has 0 saturated carbocycles. The zero-order valence-corrected chi connectivity index (χ0v) is 7.07. The summed E-state index contributed by atoms with van der Waals surface area (Å²) in [4.78, 5) is 7.90. The molecule has 0 aliphatic carbocycles. The molecule has 0 fully saturated rings. The summed E-state index contributed by atoms with van der Waals surface area (Å²) in [7, 11) is 3.04. The van der Waals surface area contributed by atoms with Crippen LogP contribution in [0, 0.1) is 0 Å². The zero-order valence-electron chi connectivity index (χ0n) is 7.07. The van der Waals surface area contributed by atoms with E-state index in [1.165, 1.54) is 14.2 Å². The summed E-state index contributed by atoms with van der Waals surface area (Å²) < 4.78 is 9.77. The van der Waals surface area contributed by atoms with Gasteiger partial charge >= 0.3 is 6.01 Å². The molecular formula is C8H10N2O2. The number of hydrogen-bond donors (Lipinski definition) is 0. The number of hydrogen-bond acceptors (Lipinski definition) is 4. The molecule has 0 spiro atoms. The van der Waals surface area contributed by atoms with Gasteiger partial charge in [-0.3, -0.25) is 0 Å². The molecule has 1 aromatic heterocycles. The van der Waals surface area contributed by atoms with Crippen LogP contribution in [0.1, 0.15) is 5.69 Å². The van der Waals surface area contributed by atoms with E-state index in [1.54, 1.807) is 12.1 Å². The van der Waals surface area contributed by atoms with Crippen molar-refractivity contribution in [3.8, 4) is 11.9 Å². The van der Waals surface area contributed by atoms with Crippen LogP contribution in [0.2, 0.25) is 0 Å². The van der Waals surface area contributed by atoms with Crippen molar-refractivity contribution in [2.24, 2.45) is 0 Å². The Bertz CT molecular complexity index is 264. The molecule has 0 atom stereocenters. The summed E-state index contributed by atoms with van der Waals surface area (Å²) in [5.41, 5.74) is 0.679. The van der Waals surface area contributed by atoms with Crippen molar-refractivity contribution in [1.29, 1.82) is 0 Å². The molecular weight excluding hydrogens is 156 g/mol. The molecule has 4 heteroatoms. The van der Waals surface area contributed by atoms with Crippen LogP contribution in [0.4, 0.5) is 0 Å². The van der Waals surface area contributed by atoms with Gasteiger partial charge < -0.3 is 9.47 Å². The molecule has 1 rings (SSSR count). The fourth-order valence-electron chi connectivity index (χ4n) is 0.721. The van der Waals surface area contributed by atoms with E-state index in [0.717, 1.165) is 0 Å². The van der Waals surface area contributed by atoms with Gasteiger partial charge in [-0.15, -0.1) is 0 Å². The van der Waals surface area contributed by atoms with Crippen LogP contribution in [0.25, 0.3) is 6.08 Å². The second kappa shape index (κ2) is 3.71. The maximum absolute atomic E-state index is 4.92. The van der Waals surface area contributed by atoms with E-state index in [1.807, 2.05) is 0 Å². The number of nitrogens with zero attached hydrogens (tertiary/aromatic N) is 2. The Hall–Kier alpha value is -1.58. The summed E-state index contributed by atoms with van der Waals surface area (Å²) in [5, 5.41) is 0. The Labute approximate surface area is 70.9 Å². The van der Waals surface area contributed by atoms with Crippen molar-refractivity contribution in [3.05, 3.63) is 18.3 Å². The Morgan fingerprint density at radius 2 is 2.08 bits per heavy atom. The molecule has 0 aromatic carbocycles. The SMILES string of the molecule is C=Cc1cc(OC)nc(OC)n1. The monoisotopic (exact) mass is 166 g/mol. The highest BCUT2D eigenvalue weighted by molar-refractivity contribution is 5.43. The first-order valence-corrected chi connectivity index (χ1v) is 3.39. The molecule has 4 nitrogen and oxygen atoms in total. The highest BCUT2D eigenvalue weighted by Crippen LogP contribution is 2.13. The fraction of sp³-hybridized carbons (Fsp3) is 0.250. The van der Waals surface area contributed by atoms with Gasteiger partial charge in [0.1, 0.15) is 0 Å². The van der Waals surface area contributed by atoms with Gasteiger partial charge in [-0.2, -0.15) is 9.97 Å². The lowest BCUT2D eigenvalue weighted by atomic mass is 10.4. The van der Waals surface area contributed by atoms with Crippen molar-refractivity contribution in [2.75, 3.05) is 14.2 Å². The minimum atomic E-state index is 0.282. The largest absolute Gasteiger partial charge is 0.481 e. The fourth-order valence-corrected chi connectivity index (χ4v) is 0.721. The topological polar surface area (TPSA) is 44.2 Å². The first-order chi connectivity index (χ1) is 5.80. The third-order valence-electron chi connectivity index (χ3n) is 1.30. The summed E-state index contributed by atoms with van der Waals surface area (Å²) in [6, 6.07) is 1.96. The van der Waals surface area contributed by atoms with Gasteiger partial charge in [0.05, 0.1) is 19.9 Å². The maximum Gasteiger partial charge on any atom is 0.319 e. The average Bonchev–Trinajstić information content (AvgIpc) is 2.16. The van der Waals surface area contributed by atoms with Gasteiger partial charge in [-0.25, -0.2) is 0 Å². The summed E-state index contributed by atoms with van der Waals surface area (Å²) in [6.07, 6.45) is 1.60. The van der Waals surface area contributed by atoms with Crippen molar-refractivity contribution in [2.45, 2.75) is 0 Å². The third-order valence-corrected chi connectivity index (χ3v) is 1.30. The molecule has 0 radical (unpaired) electrons. The molecule has 0 amide bonds. The normalized spacial score (nSPS) is 9.17. The van der Waals surface area contributed by atoms with Crippen LogP contribution >= 0.6 is 0 Å². The Morgan fingerprint density at radius 1 is 1.33 bits per heavy atom. The number of aromatic nitrogens is 2. The van der Waals surface area contributed by atoms with E-state index in [2.05, 4.69) is 16.5 Å². The van der Waals surface area contributed by atoms with Crippen molar-refractivity contribution in [3.63, 3.8) is 0 Å². The standard InChI is InChI=1S/C8H10N2O2/c1-4-6-5-7(11-2)10-8(9-6)12-3/h4-5H,1H2,2-3H3. The lowest BCUT2D eigenvalue weighted by molar-refractivity contribution is 0.351. The van der Waals surface area contributed by atoms with Gasteiger partial charge in [0.2, 0.25) is 5.88 Å². The number of rotatable bonds is 3. The van der Waals surface area contributed by atoms with Gasteiger partial charge in [-0.1, -0.05) is 6.58 Å². The molecule has 1 heterocycles. The maximum atomic E-state index is 4.92. The van der Waals surface area contributed by atoms with Crippen molar-refractivity contribution in [1.82, 2.24) is 9.97 Å².